The molecule has 1 N–H and O–H groups in total. The Labute approximate surface area is 212 Å². The van der Waals surface area contributed by atoms with Gasteiger partial charge in [0.2, 0.25) is 5.75 Å². The maximum absolute atomic E-state index is 13.7. The second kappa shape index (κ2) is 9.05. The quantitative estimate of drug-likeness (QED) is 0.392. The molecule has 194 valence electrons. The number of nitrogens with zero attached hydrogens (tertiary/aromatic N) is 2. The minimum atomic E-state index is -0.728. The standard InChI is InChI=1S/C28H36N2O6/c1-7-9-29-18-12-27(3,4)14-20(31)24(18)23(25-19(29)13-28(5,6)15-21(25)32)16-10-17(30(34)35)26(33)22(11-16)36-8-2/h10-11,23,33H,7-9,12-15H2,1-6H3. The number of benzene rings is 1. The van der Waals surface area contributed by atoms with Crippen molar-refractivity contribution in [3.8, 4) is 11.5 Å². The molecule has 0 fully saturated rings. The number of hydrogen-bond donors (Lipinski definition) is 1. The number of ether oxygens (including phenoxy) is 1. The van der Waals surface area contributed by atoms with E-state index in [9.17, 15) is 24.8 Å². The van der Waals surface area contributed by atoms with Crippen molar-refractivity contribution in [2.75, 3.05) is 13.2 Å². The lowest BCUT2D eigenvalue weighted by Gasteiger charge is -2.49. The molecule has 0 bridgehead atoms. The number of aromatic hydroxyl groups is 1. The highest BCUT2D eigenvalue weighted by molar-refractivity contribution is 6.07. The van der Waals surface area contributed by atoms with Crippen LogP contribution in [0.25, 0.3) is 0 Å². The van der Waals surface area contributed by atoms with Crippen LogP contribution in [0.4, 0.5) is 5.69 Å². The number of hydrogen-bond acceptors (Lipinski definition) is 7. The molecule has 1 aliphatic heterocycles. The molecular formula is C28H36N2O6. The maximum atomic E-state index is 13.7. The lowest BCUT2D eigenvalue weighted by Crippen LogP contribution is -2.44. The Morgan fingerprint density at radius 2 is 1.53 bits per heavy atom. The van der Waals surface area contributed by atoms with Gasteiger partial charge < -0.3 is 14.7 Å². The van der Waals surface area contributed by atoms with Crippen LogP contribution in [-0.4, -0.2) is 39.6 Å². The first-order valence-electron chi connectivity index (χ1n) is 12.7. The number of allylic oxidation sites excluding steroid dienone is 4. The Hall–Kier alpha value is -3.16. The fourth-order valence-electron chi connectivity index (χ4n) is 6.06. The van der Waals surface area contributed by atoms with Gasteiger partial charge in [0.05, 0.1) is 11.5 Å². The summed E-state index contributed by atoms with van der Waals surface area (Å²) in [5, 5.41) is 22.3. The van der Waals surface area contributed by atoms with E-state index in [1.165, 1.54) is 6.07 Å². The average Bonchev–Trinajstić information content (AvgIpc) is 2.74. The number of carbonyl (C=O) groups excluding carboxylic acids is 2. The Bertz CT molecular complexity index is 1150. The lowest BCUT2D eigenvalue weighted by atomic mass is 9.63. The van der Waals surface area contributed by atoms with Crippen molar-refractivity contribution in [3.05, 3.63) is 50.4 Å². The monoisotopic (exact) mass is 496 g/mol. The number of carbonyl (C=O) groups is 2. The van der Waals surface area contributed by atoms with Gasteiger partial charge in [-0.05, 0) is 48.6 Å². The normalized spacial score (nSPS) is 21.4. The number of Topliss-reactive ketones (excluding diaryl/α,β-unsaturated/α-hetero) is 2. The molecular weight excluding hydrogens is 460 g/mol. The van der Waals surface area contributed by atoms with Crippen molar-refractivity contribution in [2.45, 2.75) is 79.6 Å². The van der Waals surface area contributed by atoms with Gasteiger partial charge in [-0.25, -0.2) is 0 Å². The highest BCUT2D eigenvalue weighted by atomic mass is 16.6. The van der Waals surface area contributed by atoms with E-state index in [2.05, 4.69) is 39.5 Å². The zero-order chi connectivity index (χ0) is 26.6. The van der Waals surface area contributed by atoms with Crippen molar-refractivity contribution in [1.82, 2.24) is 4.90 Å². The van der Waals surface area contributed by atoms with Gasteiger partial charge in [-0.15, -0.1) is 0 Å². The molecule has 0 spiro atoms. The SMILES string of the molecule is CCCN1C2=C(C(=O)CC(C)(C)C2)C(c2cc(OCC)c(O)c([N+](=O)[O-])c2)C2=C1CC(C)(C)CC2=O. The third-order valence-corrected chi connectivity index (χ3v) is 7.38. The molecule has 0 amide bonds. The third-order valence-electron chi connectivity index (χ3n) is 7.38. The fraction of sp³-hybridized carbons (Fsp3) is 0.571. The summed E-state index contributed by atoms with van der Waals surface area (Å²) in [5.41, 5.74) is 2.39. The van der Waals surface area contributed by atoms with Gasteiger partial charge in [0.1, 0.15) is 0 Å². The van der Waals surface area contributed by atoms with Crippen LogP contribution in [0.2, 0.25) is 0 Å². The van der Waals surface area contributed by atoms with Crippen LogP contribution in [0.1, 0.15) is 85.1 Å². The van der Waals surface area contributed by atoms with Crippen LogP contribution in [0.5, 0.6) is 11.5 Å². The van der Waals surface area contributed by atoms with Gasteiger partial charge in [0.25, 0.3) is 0 Å². The predicted octanol–water partition coefficient (Wildman–Crippen LogP) is 5.79. The molecule has 0 saturated carbocycles. The molecule has 1 heterocycles. The molecule has 2 aliphatic carbocycles. The van der Waals surface area contributed by atoms with E-state index >= 15 is 0 Å². The van der Waals surface area contributed by atoms with Crippen LogP contribution in [0, 0.1) is 20.9 Å². The molecule has 8 heteroatoms. The van der Waals surface area contributed by atoms with E-state index in [4.69, 9.17) is 4.74 Å². The number of ketones is 2. The van der Waals surface area contributed by atoms with E-state index in [1.807, 2.05) is 0 Å². The lowest BCUT2D eigenvalue weighted by molar-refractivity contribution is -0.386. The van der Waals surface area contributed by atoms with Crippen LogP contribution < -0.4 is 4.74 Å². The number of phenols is 1. The predicted molar refractivity (Wildman–Crippen MR) is 136 cm³/mol. The van der Waals surface area contributed by atoms with Crippen LogP contribution in [0.15, 0.2) is 34.7 Å². The molecule has 3 aliphatic rings. The van der Waals surface area contributed by atoms with Gasteiger partial charge in [0.15, 0.2) is 17.3 Å². The maximum Gasteiger partial charge on any atom is 0.314 e. The van der Waals surface area contributed by atoms with Crippen molar-refractivity contribution in [1.29, 1.82) is 0 Å². The molecule has 4 rings (SSSR count). The molecule has 1 aromatic carbocycles. The van der Waals surface area contributed by atoms with E-state index in [0.717, 1.165) is 17.8 Å². The molecule has 0 saturated heterocycles. The zero-order valence-corrected chi connectivity index (χ0v) is 22.1. The van der Waals surface area contributed by atoms with Gasteiger partial charge in [-0.3, -0.25) is 19.7 Å². The number of phenolic OH excluding ortho intramolecular Hbond substituents is 1. The smallest absolute Gasteiger partial charge is 0.314 e. The van der Waals surface area contributed by atoms with E-state index in [-0.39, 0.29) is 34.8 Å². The average molecular weight is 497 g/mol. The molecule has 8 nitrogen and oxygen atoms in total. The summed E-state index contributed by atoms with van der Waals surface area (Å²) in [6.45, 7) is 13.0. The molecule has 36 heavy (non-hydrogen) atoms. The van der Waals surface area contributed by atoms with Crippen molar-refractivity contribution >= 4 is 17.3 Å². The molecule has 0 aromatic heterocycles. The van der Waals surface area contributed by atoms with Gasteiger partial charge in [0, 0.05) is 53.9 Å². The number of nitro groups is 1. The highest BCUT2D eigenvalue weighted by Crippen LogP contribution is 2.55. The van der Waals surface area contributed by atoms with Gasteiger partial charge in [-0.2, -0.15) is 0 Å². The molecule has 0 radical (unpaired) electrons. The number of nitro benzene ring substituents is 1. The summed E-state index contributed by atoms with van der Waals surface area (Å²) in [6, 6.07) is 2.86. The minimum absolute atomic E-state index is 0.0193. The first-order chi connectivity index (χ1) is 16.8. The van der Waals surface area contributed by atoms with Gasteiger partial charge in [-0.1, -0.05) is 34.6 Å². The first kappa shape index (κ1) is 25.9. The van der Waals surface area contributed by atoms with Crippen molar-refractivity contribution in [3.63, 3.8) is 0 Å². The summed E-state index contributed by atoms with van der Waals surface area (Å²) in [7, 11) is 0. The Kier molecular flexibility index (Phi) is 6.52. The van der Waals surface area contributed by atoms with Crippen LogP contribution >= 0.6 is 0 Å². The zero-order valence-electron chi connectivity index (χ0n) is 22.1. The van der Waals surface area contributed by atoms with Crippen LogP contribution in [-0.2, 0) is 9.59 Å². The summed E-state index contributed by atoms with van der Waals surface area (Å²) in [4.78, 5) is 40.9. The fourth-order valence-corrected chi connectivity index (χ4v) is 6.06. The summed E-state index contributed by atoms with van der Waals surface area (Å²) in [5.74, 6) is -1.37. The molecule has 0 unspecified atom stereocenters. The number of rotatable bonds is 6. The third kappa shape index (κ3) is 4.42. The topological polar surface area (TPSA) is 110 Å². The second-order valence-electron chi connectivity index (χ2n) is 11.8. The second-order valence-corrected chi connectivity index (χ2v) is 11.8. The van der Waals surface area contributed by atoms with E-state index < -0.39 is 22.3 Å². The summed E-state index contributed by atoms with van der Waals surface area (Å²) < 4.78 is 5.54. The highest BCUT2D eigenvalue weighted by Gasteiger charge is 2.49. The Morgan fingerprint density at radius 1 is 1.00 bits per heavy atom. The summed E-state index contributed by atoms with van der Waals surface area (Å²) in [6.07, 6.45) is 2.87. The van der Waals surface area contributed by atoms with E-state index in [0.29, 0.717) is 48.9 Å². The molecule has 1 aromatic rings. The minimum Gasteiger partial charge on any atom is -0.500 e. The largest absolute Gasteiger partial charge is 0.500 e. The summed E-state index contributed by atoms with van der Waals surface area (Å²) >= 11 is 0. The molecule has 0 atom stereocenters. The first-order valence-corrected chi connectivity index (χ1v) is 12.7. The van der Waals surface area contributed by atoms with Gasteiger partial charge >= 0.3 is 5.69 Å². The Balaban J connectivity index is 2.05. The van der Waals surface area contributed by atoms with Crippen molar-refractivity contribution in [2.24, 2.45) is 10.8 Å². The Morgan fingerprint density at radius 3 is 1.97 bits per heavy atom. The van der Waals surface area contributed by atoms with E-state index in [1.54, 1.807) is 13.0 Å². The van der Waals surface area contributed by atoms with Crippen LogP contribution in [0.3, 0.4) is 0 Å². The van der Waals surface area contributed by atoms with Crippen molar-refractivity contribution < 1.29 is 24.4 Å².